The van der Waals surface area contributed by atoms with Crippen molar-refractivity contribution in [3.05, 3.63) is 41.6 Å². The molecule has 3 heterocycles. The van der Waals surface area contributed by atoms with Gasteiger partial charge in [0, 0.05) is 26.7 Å². The first-order valence-corrected chi connectivity index (χ1v) is 9.35. The molecule has 0 radical (unpaired) electrons. The Bertz CT molecular complexity index is 983. The van der Waals surface area contributed by atoms with Crippen LogP contribution >= 0.6 is 0 Å². The third-order valence-corrected chi connectivity index (χ3v) is 4.80. The van der Waals surface area contributed by atoms with Gasteiger partial charge in [0.05, 0.1) is 13.2 Å². The molecule has 2 aromatic heterocycles. The summed E-state index contributed by atoms with van der Waals surface area (Å²) in [5.74, 6) is 0.377. The van der Waals surface area contributed by atoms with E-state index in [9.17, 15) is 13.2 Å². The van der Waals surface area contributed by atoms with E-state index in [0.717, 1.165) is 5.56 Å². The highest BCUT2D eigenvalue weighted by Gasteiger charge is 2.38. The summed E-state index contributed by atoms with van der Waals surface area (Å²) in [6.45, 7) is 2.56. The highest BCUT2D eigenvalue weighted by molar-refractivity contribution is 5.79. The minimum Gasteiger partial charge on any atom is -0.378 e. The summed E-state index contributed by atoms with van der Waals surface area (Å²) >= 11 is 0. The fraction of sp³-hybridized carbons (Fsp3) is 0.421. The smallest absolute Gasteiger partial charge is 0.378 e. The number of nitrogens with zero attached hydrogens (tertiary/aromatic N) is 5. The SMILES string of the molecule is Cn1c(N2CCOCC2)nc2c(C(F)(F)F)nc(NCCc3ccccc3)nc21. The normalized spacial score (nSPS) is 15.1. The molecule has 29 heavy (non-hydrogen) atoms. The number of imidazole rings is 1. The van der Waals surface area contributed by atoms with Crippen LogP contribution < -0.4 is 10.2 Å². The predicted octanol–water partition coefficient (Wildman–Crippen LogP) is 2.87. The number of hydrogen-bond acceptors (Lipinski definition) is 6. The van der Waals surface area contributed by atoms with Crippen molar-refractivity contribution in [1.29, 1.82) is 0 Å². The van der Waals surface area contributed by atoms with Crippen LogP contribution in [0.25, 0.3) is 11.2 Å². The van der Waals surface area contributed by atoms with E-state index in [2.05, 4.69) is 20.3 Å². The second-order valence-corrected chi connectivity index (χ2v) is 6.80. The zero-order valence-corrected chi connectivity index (χ0v) is 15.9. The third-order valence-electron chi connectivity index (χ3n) is 4.80. The van der Waals surface area contributed by atoms with Gasteiger partial charge in [0.25, 0.3) is 0 Å². The largest absolute Gasteiger partial charge is 0.435 e. The van der Waals surface area contributed by atoms with E-state index in [0.29, 0.717) is 45.2 Å². The first kappa shape index (κ1) is 19.4. The summed E-state index contributed by atoms with van der Waals surface area (Å²) in [7, 11) is 1.67. The van der Waals surface area contributed by atoms with Crippen molar-refractivity contribution in [2.24, 2.45) is 7.05 Å². The van der Waals surface area contributed by atoms with Gasteiger partial charge in [-0.15, -0.1) is 0 Å². The van der Waals surface area contributed by atoms with E-state index in [4.69, 9.17) is 4.74 Å². The minimum atomic E-state index is -4.63. The molecule has 3 aromatic rings. The predicted molar refractivity (Wildman–Crippen MR) is 103 cm³/mol. The molecule has 4 rings (SSSR count). The first-order chi connectivity index (χ1) is 13.9. The maximum atomic E-state index is 13.7. The number of morpholine rings is 1. The number of alkyl halides is 3. The summed E-state index contributed by atoms with van der Waals surface area (Å²) in [4.78, 5) is 14.2. The number of ether oxygens (including phenoxy) is 1. The number of aryl methyl sites for hydroxylation is 1. The molecule has 1 fully saturated rings. The second-order valence-electron chi connectivity index (χ2n) is 6.80. The van der Waals surface area contributed by atoms with E-state index in [1.165, 1.54) is 0 Å². The monoisotopic (exact) mass is 406 g/mol. The summed E-state index contributed by atoms with van der Waals surface area (Å²) in [5, 5.41) is 2.92. The lowest BCUT2D eigenvalue weighted by Gasteiger charge is -2.27. The van der Waals surface area contributed by atoms with Crippen LogP contribution in [0.3, 0.4) is 0 Å². The number of fused-ring (bicyclic) bond motifs is 1. The van der Waals surface area contributed by atoms with E-state index in [1.54, 1.807) is 11.6 Å². The van der Waals surface area contributed by atoms with Gasteiger partial charge in [-0.2, -0.15) is 18.2 Å². The lowest BCUT2D eigenvalue weighted by atomic mass is 10.1. The van der Waals surface area contributed by atoms with E-state index < -0.39 is 11.9 Å². The summed E-state index contributed by atoms with van der Waals surface area (Å²) in [5.41, 5.74) is -0.0433. The van der Waals surface area contributed by atoms with Crippen molar-refractivity contribution >= 4 is 23.1 Å². The first-order valence-electron chi connectivity index (χ1n) is 9.35. The van der Waals surface area contributed by atoms with Gasteiger partial charge in [-0.25, -0.2) is 9.97 Å². The van der Waals surface area contributed by atoms with Crippen LogP contribution in [0.2, 0.25) is 0 Å². The maximum Gasteiger partial charge on any atom is 0.435 e. The molecular formula is C19H21F3N6O. The molecule has 0 atom stereocenters. The van der Waals surface area contributed by atoms with Crippen LogP contribution in [0.4, 0.5) is 25.1 Å². The molecular weight excluding hydrogens is 385 g/mol. The Balaban J connectivity index is 1.65. The molecule has 10 heteroatoms. The zero-order chi connectivity index (χ0) is 20.4. The molecule has 0 bridgehead atoms. The average molecular weight is 406 g/mol. The Morgan fingerprint density at radius 1 is 1.07 bits per heavy atom. The van der Waals surface area contributed by atoms with E-state index in [1.807, 2.05) is 35.2 Å². The Kier molecular flexibility index (Phi) is 5.27. The molecule has 1 aliphatic rings. The number of aromatic nitrogens is 4. The van der Waals surface area contributed by atoms with Gasteiger partial charge in [-0.3, -0.25) is 4.57 Å². The molecule has 0 amide bonds. The van der Waals surface area contributed by atoms with Crippen LogP contribution in [-0.4, -0.2) is 52.4 Å². The minimum absolute atomic E-state index is 0.0581. The van der Waals surface area contributed by atoms with Gasteiger partial charge < -0.3 is 15.0 Å². The van der Waals surface area contributed by atoms with Crippen molar-refractivity contribution in [1.82, 2.24) is 19.5 Å². The number of hydrogen-bond donors (Lipinski definition) is 1. The summed E-state index contributed by atoms with van der Waals surface area (Å²) < 4.78 is 47.9. The highest BCUT2D eigenvalue weighted by atomic mass is 19.4. The molecule has 7 nitrogen and oxygen atoms in total. The fourth-order valence-corrected chi connectivity index (χ4v) is 3.34. The molecule has 1 saturated heterocycles. The number of anilines is 2. The molecule has 0 unspecified atom stereocenters. The zero-order valence-electron chi connectivity index (χ0n) is 15.9. The number of rotatable bonds is 5. The number of halogens is 3. The van der Waals surface area contributed by atoms with Crippen molar-refractivity contribution in [2.75, 3.05) is 43.1 Å². The van der Waals surface area contributed by atoms with Gasteiger partial charge in [0.2, 0.25) is 11.9 Å². The average Bonchev–Trinajstić information content (AvgIpc) is 3.05. The standard InChI is InChI=1S/C19H21F3N6O/c1-27-16-14(24-18(27)28-9-11-29-12-10-28)15(19(20,21)22)25-17(26-16)23-8-7-13-5-3-2-4-6-13/h2-6H,7-12H2,1H3,(H,23,25,26). The van der Waals surface area contributed by atoms with Crippen LogP contribution in [0.1, 0.15) is 11.3 Å². The van der Waals surface area contributed by atoms with Gasteiger partial charge in [0.1, 0.15) is 5.52 Å². The van der Waals surface area contributed by atoms with Crippen molar-refractivity contribution in [3.8, 4) is 0 Å². The van der Waals surface area contributed by atoms with Crippen LogP contribution in [-0.2, 0) is 24.4 Å². The molecule has 154 valence electrons. The summed E-state index contributed by atoms with van der Waals surface area (Å²) in [6, 6.07) is 9.67. The van der Waals surface area contributed by atoms with Gasteiger partial charge in [0.15, 0.2) is 11.3 Å². The number of benzene rings is 1. The van der Waals surface area contributed by atoms with Crippen LogP contribution in [0.15, 0.2) is 30.3 Å². The molecule has 1 aliphatic heterocycles. The summed E-state index contributed by atoms with van der Waals surface area (Å²) in [6.07, 6.45) is -3.98. The van der Waals surface area contributed by atoms with Crippen LogP contribution in [0, 0.1) is 0 Å². The Hall–Kier alpha value is -2.88. The third kappa shape index (κ3) is 4.12. The molecule has 1 aromatic carbocycles. The van der Waals surface area contributed by atoms with Crippen molar-refractivity contribution in [3.63, 3.8) is 0 Å². The van der Waals surface area contributed by atoms with E-state index in [-0.39, 0.29) is 17.1 Å². The van der Waals surface area contributed by atoms with Crippen molar-refractivity contribution < 1.29 is 17.9 Å². The number of nitrogens with one attached hydrogen (secondary N) is 1. The van der Waals surface area contributed by atoms with Crippen LogP contribution in [0.5, 0.6) is 0 Å². The van der Waals surface area contributed by atoms with Gasteiger partial charge >= 0.3 is 6.18 Å². The maximum absolute atomic E-state index is 13.7. The van der Waals surface area contributed by atoms with E-state index >= 15 is 0 Å². The molecule has 0 saturated carbocycles. The Morgan fingerprint density at radius 3 is 2.48 bits per heavy atom. The molecule has 0 spiro atoms. The Morgan fingerprint density at radius 2 is 1.79 bits per heavy atom. The highest BCUT2D eigenvalue weighted by Crippen LogP contribution is 2.34. The second kappa shape index (κ2) is 7.86. The fourth-order valence-electron chi connectivity index (χ4n) is 3.34. The van der Waals surface area contributed by atoms with Crippen molar-refractivity contribution in [2.45, 2.75) is 12.6 Å². The molecule has 1 N–H and O–H groups in total. The lowest BCUT2D eigenvalue weighted by molar-refractivity contribution is -0.139. The molecule has 0 aliphatic carbocycles. The quantitative estimate of drug-likeness (QED) is 0.703. The Labute approximate surface area is 165 Å². The topological polar surface area (TPSA) is 68.1 Å². The van der Waals surface area contributed by atoms with Gasteiger partial charge in [-0.1, -0.05) is 30.3 Å². The lowest BCUT2D eigenvalue weighted by Crippen LogP contribution is -2.37. The van der Waals surface area contributed by atoms with Gasteiger partial charge in [-0.05, 0) is 12.0 Å².